The molecule has 0 saturated heterocycles. The Bertz CT molecular complexity index is 849. The molecule has 1 aliphatic heterocycles. The number of carbonyl (C=O) groups is 2. The Labute approximate surface area is 162 Å². The number of nitrogens with one attached hydrogen (secondary N) is 2. The van der Waals surface area contributed by atoms with Gasteiger partial charge in [-0.25, -0.2) is 4.79 Å². The summed E-state index contributed by atoms with van der Waals surface area (Å²) >= 11 is 1.70. The van der Waals surface area contributed by atoms with Crippen LogP contribution in [0.25, 0.3) is 0 Å². The first kappa shape index (κ1) is 19.2. The fraction of sp³-hybridized carbons (Fsp3) is 0.368. The minimum Gasteiger partial charge on any atom is -0.481 e. The van der Waals surface area contributed by atoms with E-state index >= 15 is 0 Å². The van der Waals surface area contributed by atoms with Crippen molar-refractivity contribution in [3.05, 3.63) is 40.1 Å². The molecule has 2 aromatic rings. The minimum absolute atomic E-state index is 0.00380. The van der Waals surface area contributed by atoms with Crippen molar-refractivity contribution in [3.8, 4) is 5.75 Å². The van der Waals surface area contributed by atoms with Gasteiger partial charge in [-0.05, 0) is 50.2 Å². The Kier molecular flexibility index (Phi) is 5.67. The van der Waals surface area contributed by atoms with Crippen molar-refractivity contribution in [1.29, 1.82) is 0 Å². The molecular weight excluding hydrogens is 364 g/mol. The molecule has 1 atom stereocenters. The first-order valence-corrected chi connectivity index (χ1v) is 9.53. The number of fused-ring (bicyclic) bond motifs is 1. The summed E-state index contributed by atoms with van der Waals surface area (Å²) in [5.74, 6) is 0.481. The lowest BCUT2D eigenvalue weighted by atomic mass is 10.1. The molecule has 0 spiro atoms. The Hall–Kier alpha value is -2.58. The summed E-state index contributed by atoms with van der Waals surface area (Å²) in [4.78, 5) is 28.9. The molecule has 7 nitrogen and oxygen atoms in total. The summed E-state index contributed by atoms with van der Waals surface area (Å²) in [5, 5.41) is 7.82. The summed E-state index contributed by atoms with van der Waals surface area (Å²) in [6.07, 6.45) is 0. The van der Waals surface area contributed by atoms with Gasteiger partial charge in [0.1, 0.15) is 5.75 Å². The lowest BCUT2D eigenvalue weighted by molar-refractivity contribution is -0.120. The first-order chi connectivity index (χ1) is 12.9. The summed E-state index contributed by atoms with van der Waals surface area (Å²) < 4.78 is 5.45. The highest BCUT2D eigenvalue weighted by atomic mass is 32.1. The number of hydrogen-bond acceptors (Lipinski definition) is 5. The Morgan fingerprint density at radius 3 is 2.81 bits per heavy atom. The van der Waals surface area contributed by atoms with Crippen molar-refractivity contribution in [2.45, 2.75) is 13.0 Å². The maximum absolute atomic E-state index is 12.3. The second-order valence-corrected chi connectivity index (χ2v) is 7.65. The number of amides is 3. The van der Waals surface area contributed by atoms with Crippen LogP contribution in [-0.2, 0) is 4.79 Å². The molecule has 144 valence electrons. The van der Waals surface area contributed by atoms with Gasteiger partial charge in [0.25, 0.3) is 5.91 Å². The molecule has 0 fully saturated rings. The van der Waals surface area contributed by atoms with E-state index < -0.39 is 0 Å². The van der Waals surface area contributed by atoms with E-state index in [4.69, 9.17) is 4.74 Å². The topological polar surface area (TPSA) is 73.9 Å². The Balaban J connectivity index is 1.62. The summed E-state index contributed by atoms with van der Waals surface area (Å²) in [5.41, 5.74) is 2.53. The van der Waals surface area contributed by atoms with E-state index in [1.807, 2.05) is 14.1 Å². The number of aryl methyl sites for hydroxylation is 1. The molecule has 8 heteroatoms. The number of rotatable bonds is 5. The van der Waals surface area contributed by atoms with E-state index in [0.29, 0.717) is 23.7 Å². The first-order valence-electron chi connectivity index (χ1n) is 8.65. The zero-order valence-corrected chi connectivity index (χ0v) is 16.7. The van der Waals surface area contributed by atoms with Gasteiger partial charge in [-0.2, -0.15) is 0 Å². The molecule has 3 amide bonds. The average Bonchev–Trinajstić information content (AvgIpc) is 3.04. The number of hydrogen-bond donors (Lipinski definition) is 2. The van der Waals surface area contributed by atoms with Crippen LogP contribution < -0.4 is 20.3 Å². The number of likely N-dealkylation sites (N-methyl/N-ethyl adjacent to an activating group) is 2. The Morgan fingerprint density at radius 1 is 1.37 bits per heavy atom. The molecule has 1 aromatic heterocycles. The predicted molar refractivity (Wildman–Crippen MR) is 108 cm³/mol. The fourth-order valence-electron chi connectivity index (χ4n) is 2.96. The second kappa shape index (κ2) is 7.98. The highest BCUT2D eigenvalue weighted by Gasteiger charge is 2.23. The van der Waals surface area contributed by atoms with Crippen molar-refractivity contribution in [2.75, 3.05) is 44.5 Å². The molecule has 0 aliphatic carbocycles. The summed E-state index contributed by atoms with van der Waals surface area (Å²) in [7, 11) is 5.71. The van der Waals surface area contributed by atoms with Gasteiger partial charge >= 0.3 is 6.03 Å². The van der Waals surface area contributed by atoms with Crippen LogP contribution in [0.4, 0.5) is 16.2 Å². The van der Waals surface area contributed by atoms with Gasteiger partial charge < -0.3 is 25.2 Å². The molecule has 0 bridgehead atoms. The fourth-order valence-corrected chi connectivity index (χ4v) is 4.08. The number of ether oxygens (including phenoxy) is 1. The predicted octanol–water partition coefficient (Wildman–Crippen LogP) is 2.84. The standard InChI is InChI=1S/C19H24N4O3S/c1-12-7-8-27-18(12)15(22(2)3)10-20-19(25)21-13-5-6-14-16(9-13)26-11-17(24)23(14)4/h5-9,15H,10-11H2,1-4H3,(H2,20,21,25). The van der Waals surface area contributed by atoms with Gasteiger partial charge in [0, 0.05) is 30.2 Å². The van der Waals surface area contributed by atoms with E-state index in [1.165, 1.54) is 10.4 Å². The molecule has 2 N–H and O–H groups in total. The highest BCUT2D eigenvalue weighted by Crippen LogP contribution is 2.33. The molecule has 0 radical (unpaired) electrons. The molecule has 1 aliphatic rings. The van der Waals surface area contributed by atoms with E-state index in [-0.39, 0.29) is 24.6 Å². The van der Waals surface area contributed by atoms with Crippen molar-refractivity contribution in [1.82, 2.24) is 10.2 Å². The number of thiophene rings is 1. The minimum atomic E-state index is -0.281. The van der Waals surface area contributed by atoms with Gasteiger partial charge in [0.15, 0.2) is 6.61 Å². The highest BCUT2D eigenvalue weighted by molar-refractivity contribution is 7.10. The van der Waals surface area contributed by atoms with Crippen molar-refractivity contribution in [3.63, 3.8) is 0 Å². The number of nitrogens with zero attached hydrogens (tertiary/aromatic N) is 2. The zero-order valence-electron chi connectivity index (χ0n) is 15.9. The van der Waals surface area contributed by atoms with Crippen molar-refractivity contribution < 1.29 is 14.3 Å². The van der Waals surface area contributed by atoms with Crippen molar-refractivity contribution in [2.24, 2.45) is 0 Å². The van der Waals surface area contributed by atoms with Crippen LogP contribution >= 0.6 is 11.3 Å². The molecule has 2 heterocycles. The smallest absolute Gasteiger partial charge is 0.319 e. The summed E-state index contributed by atoms with van der Waals surface area (Å²) in [6, 6.07) is 7.16. The van der Waals surface area contributed by atoms with Crippen LogP contribution in [0.1, 0.15) is 16.5 Å². The number of carbonyl (C=O) groups excluding carboxylic acids is 2. The van der Waals surface area contributed by atoms with Crippen LogP contribution in [-0.4, -0.2) is 51.1 Å². The lowest BCUT2D eigenvalue weighted by Gasteiger charge is -2.26. The van der Waals surface area contributed by atoms with Gasteiger partial charge in [-0.15, -0.1) is 11.3 Å². The molecule has 27 heavy (non-hydrogen) atoms. The monoisotopic (exact) mass is 388 g/mol. The van der Waals surface area contributed by atoms with Crippen LogP contribution in [0.2, 0.25) is 0 Å². The van der Waals surface area contributed by atoms with E-state index in [2.05, 4.69) is 33.9 Å². The van der Waals surface area contributed by atoms with E-state index in [0.717, 1.165) is 0 Å². The quantitative estimate of drug-likeness (QED) is 0.826. The normalized spacial score (nSPS) is 14.6. The van der Waals surface area contributed by atoms with Crippen LogP contribution in [0, 0.1) is 6.92 Å². The molecule has 3 rings (SSSR count). The van der Waals surface area contributed by atoms with E-state index in [1.54, 1.807) is 41.5 Å². The maximum atomic E-state index is 12.3. The number of benzene rings is 1. The second-order valence-electron chi connectivity index (χ2n) is 6.71. The van der Waals surface area contributed by atoms with Gasteiger partial charge in [-0.3, -0.25) is 4.79 Å². The van der Waals surface area contributed by atoms with Crippen LogP contribution in [0.3, 0.4) is 0 Å². The average molecular weight is 388 g/mol. The SMILES string of the molecule is Cc1ccsc1C(CNC(=O)Nc1ccc2c(c1)OCC(=O)N2C)N(C)C. The van der Waals surface area contributed by atoms with Gasteiger partial charge in [0.05, 0.1) is 11.7 Å². The number of urea groups is 1. The third-order valence-corrected chi connectivity index (χ3v) is 5.71. The summed E-state index contributed by atoms with van der Waals surface area (Å²) in [6.45, 7) is 2.58. The van der Waals surface area contributed by atoms with Crippen LogP contribution in [0.15, 0.2) is 29.6 Å². The van der Waals surface area contributed by atoms with E-state index in [9.17, 15) is 9.59 Å². The van der Waals surface area contributed by atoms with Crippen LogP contribution in [0.5, 0.6) is 5.75 Å². The molecule has 0 saturated carbocycles. The third kappa shape index (κ3) is 4.23. The van der Waals surface area contributed by atoms with Gasteiger partial charge in [0.2, 0.25) is 0 Å². The maximum Gasteiger partial charge on any atom is 0.319 e. The van der Waals surface area contributed by atoms with Crippen molar-refractivity contribution >= 4 is 34.6 Å². The Morgan fingerprint density at radius 2 is 2.15 bits per heavy atom. The number of anilines is 2. The molecular formula is C19H24N4O3S. The molecule has 1 aromatic carbocycles. The van der Waals surface area contributed by atoms with Gasteiger partial charge in [-0.1, -0.05) is 0 Å². The third-order valence-electron chi connectivity index (χ3n) is 4.59. The molecule has 1 unspecified atom stereocenters. The largest absolute Gasteiger partial charge is 0.481 e. The lowest BCUT2D eigenvalue weighted by Crippen LogP contribution is -2.37. The zero-order chi connectivity index (χ0) is 19.6.